The van der Waals surface area contributed by atoms with Crippen molar-refractivity contribution in [3.8, 4) is 12.3 Å². The Morgan fingerprint density at radius 2 is 1.96 bits per heavy atom. The molecule has 7 nitrogen and oxygen atoms in total. The van der Waals surface area contributed by atoms with Crippen molar-refractivity contribution in [2.75, 3.05) is 26.2 Å². The number of carboxylic acids is 1. The van der Waals surface area contributed by atoms with Crippen molar-refractivity contribution in [1.29, 1.82) is 0 Å². The van der Waals surface area contributed by atoms with E-state index in [-0.39, 0.29) is 36.6 Å². The van der Waals surface area contributed by atoms with Crippen molar-refractivity contribution in [3.05, 3.63) is 0 Å². The van der Waals surface area contributed by atoms with E-state index in [2.05, 4.69) is 16.6 Å². The Morgan fingerprint density at radius 1 is 1.27 bits per heavy atom. The predicted octanol–water partition coefficient (Wildman–Crippen LogP) is 0.629. The van der Waals surface area contributed by atoms with Crippen LogP contribution in [0, 0.1) is 24.2 Å². The van der Waals surface area contributed by atoms with E-state index in [0.717, 1.165) is 32.4 Å². The number of terminal acetylenes is 1. The van der Waals surface area contributed by atoms with Gasteiger partial charge < -0.3 is 20.6 Å². The second-order valence-electron chi connectivity index (χ2n) is 6.87. The number of likely N-dealkylation sites (tertiary alicyclic amines) is 1. The molecule has 2 amide bonds. The van der Waals surface area contributed by atoms with E-state index in [1.807, 2.05) is 0 Å². The van der Waals surface area contributed by atoms with Crippen molar-refractivity contribution >= 4 is 30.2 Å². The second kappa shape index (κ2) is 11.0. The number of hydrogen-bond donors (Lipinski definition) is 3. The molecule has 0 aromatic rings. The molecule has 2 rings (SSSR count). The smallest absolute Gasteiger partial charge is 0.327 e. The molecule has 0 spiro atoms. The zero-order valence-electron chi connectivity index (χ0n) is 14.9. The van der Waals surface area contributed by atoms with Gasteiger partial charge in [0.25, 0.3) is 0 Å². The minimum Gasteiger partial charge on any atom is -0.480 e. The maximum absolute atomic E-state index is 12.3. The number of amides is 2. The molecule has 0 radical (unpaired) electrons. The fraction of sp³-hybridized carbons (Fsp3) is 0.722. The lowest BCUT2D eigenvalue weighted by Gasteiger charge is -2.23. The topological polar surface area (TPSA) is 98.7 Å². The molecule has 0 aromatic carbocycles. The summed E-state index contributed by atoms with van der Waals surface area (Å²) in [7, 11) is 0. The average Bonchev–Trinajstić information content (AvgIpc) is 3.10. The summed E-state index contributed by atoms with van der Waals surface area (Å²) in [5, 5.41) is 14.8. The van der Waals surface area contributed by atoms with Crippen LogP contribution in [0.2, 0.25) is 0 Å². The van der Waals surface area contributed by atoms with Gasteiger partial charge in [0.15, 0.2) is 0 Å². The highest BCUT2D eigenvalue weighted by molar-refractivity contribution is 5.86. The summed E-state index contributed by atoms with van der Waals surface area (Å²) in [5.74, 6) is 1.11. The molecule has 2 fully saturated rings. The minimum atomic E-state index is -1.14. The highest BCUT2D eigenvalue weighted by atomic mass is 35.5. The Morgan fingerprint density at radius 3 is 2.58 bits per heavy atom. The molecule has 2 atom stereocenters. The molecule has 0 aromatic heterocycles. The van der Waals surface area contributed by atoms with Crippen LogP contribution in [0.4, 0.5) is 0 Å². The van der Waals surface area contributed by atoms with Gasteiger partial charge in [0, 0.05) is 25.9 Å². The standard InChI is InChI=1S/C18H27N3O4.ClH/c1-2-3-15(18(24)25)20-17(23)14-8-11-21(12-14)16(22)5-4-13-6-9-19-10-7-13;/h1,13-15,19H,3-12H2,(H,20,23)(H,24,25);1H/t14?,15-;/m0./s1. The van der Waals surface area contributed by atoms with Crippen LogP contribution in [0.5, 0.6) is 0 Å². The fourth-order valence-corrected chi connectivity index (χ4v) is 3.46. The van der Waals surface area contributed by atoms with Gasteiger partial charge in [-0.2, -0.15) is 0 Å². The molecule has 0 saturated carbocycles. The van der Waals surface area contributed by atoms with Crippen LogP contribution < -0.4 is 10.6 Å². The molecule has 26 heavy (non-hydrogen) atoms. The third kappa shape index (κ3) is 6.50. The van der Waals surface area contributed by atoms with E-state index in [1.54, 1.807) is 4.90 Å². The number of nitrogens with zero attached hydrogens (tertiary/aromatic N) is 1. The molecule has 2 aliphatic rings. The number of piperidine rings is 1. The molecule has 0 bridgehead atoms. The first-order valence-electron chi connectivity index (χ1n) is 8.96. The lowest BCUT2D eigenvalue weighted by atomic mass is 9.93. The first-order valence-corrected chi connectivity index (χ1v) is 8.96. The van der Waals surface area contributed by atoms with Crippen LogP contribution in [0.25, 0.3) is 0 Å². The van der Waals surface area contributed by atoms with Crippen LogP contribution in [-0.2, 0) is 14.4 Å². The third-order valence-corrected chi connectivity index (χ3v) is 5.07. The van der Waals surface area contributed by atoms with Crippen molar-refractivity contribution in [1.82, 2.24) is 15.5 Å². The van der Waals surface area contributed by atoms with Crippen LogP contribution in [0.15, 0.2) is 0 Å². The van der Waals surface area contributed by atoms with E-state index >= 15 is 0 Å². The summed E-state index contributed by atoms with van der Waals surface area (Å²) in [4.78, 5) is 37.4. The fourth-order valence-electron chi connectivity index (χ4n) is 3.46. The molecule has 1 unspecified atom stereocenters. The van der Waals surface area contributed by atoms with Gasteiger partial charge in [-0.3, -0.25) is 9.59 Å². The largest absolute Gasteiger partial charge is 0.480 e. The molecule has 0 aliphatic carbocycles. The number of hydrogen-bond acceptors (Lipinski definition) is 4. The van der Waals surface area contributed by atoms with Gasteiger partial charge in [-0.25, -0.2) is 4.79 Å². The van der Waals surface area contributed by atoms with Gasteiger partial charge >= 0.3 is 5.97 Å². The summed E-state index contributed by atoms with van der Waals surface area (Å²) in [6.45, 7) is 2.95. The van der Waals surface area contributed by atoms with Gasteiger partial charge in [0.05, 0.1) is 5.92 Å². The van der Waals surface area contributed by atoms with Crippen LogP contribution in [0.1, 0.15) is 38.5 Å². The molecular weight excluding hydrogens is 358 g/mol. The summed E-state index contributed by atoms with van der Waals surface area (Å²) in [6, 6.07) is -1.07. The van der Waals surface area contributed by atoms with Crippen LogP contribution in [-0.4, -0.2) is 60.0 Å². The quantitative estimate of drug-likeness (QED) is 0.558. The zero-order chi connectivity index (χ0) is 18.2. The molecule has 146 valence electrons. The van der Waals surface area contributed by atoms with Crippen LogP contribution in [0.3, 0.4) is 0 Å². The molecule has 2 heterocycles. The van der Waals surface area contributed by atoms with Crippen molar-refractivity contribution in [2.24, 2.45) is 11.8 Å². The number of halogens is 1. The summed E-state index contributed by atoms with van der Waals surface area (Å²) in [5.41, 5.74) is 0. The molecular formula is C18H28ClN3O4. The highest BCUT2D eigenvalue weighted by Crippen LogP contribution is 2.21. The SMILES string of the molecule is C#CC[C@H](NC(=O)C1CCN(C(=O)CCC2CCNCC2)C1)C(=O)O.Cl. The Labute approximate surface area is 160 Å². The Bertz CT molecular complexity index is 543. The first-order chi connectivity index (χ1) is 12.0. The average molecular weight is 386 g/mol. The van der Waals surface area contributed by atoms with Gasteiger partial charge in [0.1, 0.15) is 6.04 Å². The normalized spacial score (nSPS) is 21.3. The zero-order valence-corrected chi connectivity index (χ0v) is 15.7. The van der Waals surface area contributed by atoms with Crippen molar-refractivity contribution in [2.45, 2.75) is 44.6 Å². The molecule has 3 N–H and O–H groups in total. The number of carbonyl (C=O) groups is 3. The van der Waals surface area contributed by atoms with Gasteiger partial charge in [-0.05, 0) is 44.7 Å². The summed E-state index contributed by atoms with van der Waals surface area (Å²) < 4.78 is 0. The van der Waals surface area contributed by atoms with Gasteiger partial charge in [-0.15, -0.1) is 24.8 Å². The van der Waals surface area contributed by atoms with E-state index in [4.69, 9.17) is 11.5 Å². The first kappa shape index (κ1) is 22.3. The number of carboxylic acid groups (broad SMARTS) is 1. The van der Waals surface area contributed by atoms with E-state index < -0.39 is 12.0 Å². The monoisotopic (exact) mass is 385 g/mol. The third-order valence-electron chi connectivity index (χ3n) is 5.07. The van der Waals surface area contributed by atoms with Gasteiger partial charge in [-0.1, -0.05) is 0 Å². The number of rotatable bonds is 7. The lowest BCUT2D eigenvalue weighted by Crippen LogP contribution is -2.44. The summed E-state index contributed by atoms with van der Waals surface area (Å²) in [6.07, 6.45) is 9.30. The van der Waals surface area contributed by atoms with Crippen LogP contribution >= 0.6 is 12.4 Å². The summed E-state index contributed by atoms with van der Waals surface area (Å²) >= 11 is 0. The Kier molecular flexibility index (Phi) is 9.46. The van der Waals surface area contributed by atoms with E-state index in [9.17, 15) is 14.4 Å². The van der Waals surface area contributed by atoms with E-state index in [1.165, 1.54) is 0 Å². The maximum atomic E-state index is 12.3. The highest BCUT2D eigenvalue weighted by Gasteiger charge is 2.33. The number of aliphatic carboxylic acids is 1. The van der Waals surface area contributed by atoms with Crippen molar-refractivity contribution in [3.63, 3.8) is 0 Å². The lowest BCUT2D eigenvalue weighted by molar-refractivity contribution is -0.142. The number of nitrogens with one attached hydrogen (secondary N) is 2. The number of carbonyl (C=O) groups excluding carboxylic acids is 2. The minimum absolute atomic E-state index is 0. The van der Waals surface area contributed by atoms with Gasteiger partial charge in [0.2, 0.25) is 11.8 Å². The molecule has 2 saturated heterocycles. The Hall–Kier alpha value is -1.78. The second-order valence-corrected chi connectivity index (χ2v) is 6.87. The maximum Gasteiger partial charge on any atom is 0.327 e. The van der Waals surface area contributed by atoms with Crippen molar-refractivity contribution < 1.29 is 19.5 Å². The molecule has 8 heteroatoms. The van der Waals surface area contributed by atoms with E-state index in [0.29, 0.717) is 31.8 Å². The predicted molar refractivity (Wildman–Crippen MR) is 99.8 cm³/mol. The Balaban J connectivity index is 0.00000338. The molecule has 2 aliphatic heterocycles.